The molecule has 0 aromatic heterocycles. The van der Waals surface area contributed by atoms with Crippen LogP contribution in [0.4, 0.5) is 0 Å². The van der Waals surface area contributed by atoms with Crippen molar-refractivity contribution in [3.63, 3.8) is 0 Å². The number of rotatable bonds is 3. The fourth-order valence-corrected chi connectivity index (χ4v) is 2.88. The van der Waals surface area contributed by atoms with E-state index in [9.17, 15) is 0 Å². The van der Waals surface area contributed by atoms with Crippen LogP contribution in [0, 0.1) is 5.92 Å². The molecule has 2 rings (SSSR count). The summed E-state index contributed by atoms with van der Waals surface area (Å²) in [5.74, 6) is 1.00. The quantitative estimate of drug-likeness (QED) is 0.741. The molecule has 1 saturated carbocycles. The van der Waals surface area contributed by atoms with Gasteiger partial charge in [0.1, 0.15) is 0 Å². The van der Waals surface area contributed by atoms with E-state index in [0.717, 1.165) is 18.0 Å². The molecule has 1 heterocycles. The Kier molecular flexibility index (Phi) is 3.45. The highest BCUT2D eigenvalue weighted by Gasteiger charge is 2.32. The van der Waals surface area contributed by atoms with Crippen molar-refractivity contribution in [3.8, 4) is 0 Å². The smallest absolute Gasteiger partial charge is 0.0221 e. The second kappa shape index (κ2) is 4.63. The van der Waals surface area contributed by atoms with Crippen molar-refractivity contribution in [2.24, 2.45) is 5.92 Å². The highest BCUT2D eigenvalue weighted by Crippen LogP contribution is 2.33. The fourth-order valence-electron chi connectivity index (χ4n) is 2.88. The first kappa shape index (κ1) is 10.4. The predicted molar refractivity (Wildman–Crippen MR) is 60.5 cm³/mol. The monoisotopic (exact) mass is 196 g/mol. The molecule has 0 amide bonds. The summed E-state index contributed by atoms with van der Waals surface area (Å²) in [5.41, 5.74) is 0. The summed E-state index contributed by atoms with van der Waals surface area (Å²) in [6.07, 6.45) is 5.71. The molecule has 1 aliphatic heterocycles. The largest absolute Gasteiger partial charge is 0.314 e. The van der Waals surface area contributed by atoms with Crippen molar-refractivity contribution in [2.45, 2.75) is 51.6 Å². The maximum atomic E-state index is 3.50. The lowest BCUT2D eigenvalue weighted by Crippen LogP contribution is -2.56. The van der Waals surface area contributed by atoms with Gasteiger partial charge in [0.2, 0.25) is 0 Å². The first-order chi connectivity index (χ1) is 6.83. The van der Waals surface area contributed by atoms with Gasteiger partial charge >= 0.3 is 0 Å². The third kappa shape index (κ3) is 1.96. The first-order valence-electron chi connectivity index (χ1n) is 6.29. The lowest BCUT2D eigenvalue weighted by Gasteiger charge is -2.45. The van der Waals surface area contributed by atoms with E-state index in [1.54, 1.807) is 0 Å². The highest BCUT2D eigenvalue weighted by molar-refractivity contribution is 4.88. The van der Waals surface area contributed by atoms with Crippen LogP contribution in [0.25, 0.3) is 0 Å². The maximum absolute atomic E-state index is 3.50. The molecular weight excluding hydrogens is 172 g/mol. The Bertz CT molecular complexity index is 177. The minimum Gasteiger partial charge on any atom is -0.314 e. The lowest BCUT2D eigenvalue weighted by atomic mass is 9.79. The number of nitrogens with zero attached hydrogens (tertiary/aromatic N) is 1. The average molecular weight is 196 g/mol. The molecule has 2 aliphatic rings. The van der Waals surface area contributed by atoms with Crippen molar-refractivity contribution in [1.29, 1.82) is 0 Å². The maximum Gasteiger partial charge on any atom is 0.0221 e. The van der Waals surface area contributed by atoms with Crippen LogP contribution in [0.15, 0.2) is 0 Å². The molecule has 82 valence electrons. The van der Waals surface area contributed by atoms with E-state index in [4.69, 9.17) is 0 Å². The van der Waals surface area contributed by atoms with Gasteiger partial charge in [-0.05, 0) is 32.1 Å². The number of hydrogen-bond acceptors (Lipinski definition) is 2. The van der Waals surface area contributed by atoms with E-state index in [1.165, 1.54) is 45.3 Å². The Hall–Kier alpha value is -0.0800. The van der Waals surface area contributed by atoms with Gasteiger partial charge in [-0.15, -0.1) is 0 Å². The number of hydrogen-bond donors (Lipinski definition) is 1. The van der Waals surface area contributed by atoms with Gasteiger partial charge in [0.25, 0.3) is 0 Å². The highest BCUT2D eigenvalue weighted by atomic mass is 15.2. The van der Waals surface area contributed by atoms with Crippen LogP contribution in [0.5, 0.6) is 0 Å². The molecule has 0 radical (unpaired) electrons. The molecule has 0 spiro atoms. The fraction of sp³-hybridized carbons (Fsp3) is 1.00. The Morgan fingerprint density at radius 2 is 2.21 bits per heavy atom. The van der Waals surface area contributed by atoms with E-state index >= 15 is 0 Å². The molecular formula is C12H24N2. The molecule has 0 aromatic rings. The summed E-state index contributed by atoms with van der Waals surface area (Å²) in [6, 6.07) is 1.62. The molecule has 0 bridgehead atoms. The summed E-state index contributed by atoms with van der Waals surface area (Å²) in [6.45, 7) is 8.41. The van der Waals surface area contributed by atoms with Gasteiger partial charge in [-0.2, -0.15) is 0 Å². The van der Waals surface area contributed by atoms with Crippen molar-refractivity contribution >= 4 is 0 Å². The van der Waals surface area contributed by atoms with E-state index in [-0.39, 0.29) is 0 Å². The molecule has 0 aromatic carbocycles. The van der Waals surface area contributed by atoms with E-state index < -0.39 is 0 Å². The summed E-state index contributed by atoms with van der Waals surface area (Å²) in [4.78, 5) is 2.75. The first-order valence-corrected chi connectivity index (χ1v) is 6.29. The topological polar surface area (TPSA) is 15.3 Å². The normalized spacial score (nSPS) is 32.6. The Morgan fingerprint density at radius 3 is 2.79 bits per heavy atom. The zero-order valence-corrected chi connectivity index (χ0v) is 9.63. The molecule has 1 saturated heterocycles. The van der Waals surface area contributed by atoms with Gasteiger partial charge in [-0.1, -0.05) is 13.3 Å². The Balaban J connectivity index is 1.91. The predicted octanol–water partition coefficient (Wildman–Crippen LogP) is 1.86. The summed E-state index contributed by atoms with van der Waals surface area (Å²) in [7, 11) is 0. The van der Waals surface area contributed by atoms with Crippen LogP contribution in [0.3, 0.4) is 0 Å². The summed E-state index contributed by atoms with van der Waals surface area (Å²) < 4.78 is 0. The zero-order valence-electron chi connectivity index (χ0n) is 9.63. The van der Waals surface area contributed by atoms with Gasteiger partial charge in [-0.3, -0.25) is 4.90 Å². The molecule has 2 heteroatoms. The van der Waals surface area contributed by atoms with Crippen LogP contribution in [-0.2, 0) is 0 Å². The minimum atomic E-state index is 0.791. The zero-order chi connectivity index (χ0) is 9.97. The molecule has 1 aliphatic carbocycles. The van der Waals surface area contributed by atoms with Crippen LogP contribution >= 0.6 is 0 Å². The molecule has 2 nitrogen and oxygen atoms in total. The van der Waals surface area contributed by atoms with Gasteiger partial charge < -0.3 is 5.32 Å². The lowest BCUT2D eigenvalue weighted by molar-refractivity contribution is 0.0510. The standard InChI is InChI=1S/C12H24N2/c1-3-12-9-13-7-8-14(12)10(2)11-5-4-6-11/h10-13H,3-9H2,1-2H3. The van der Waals surface area contributed by atoms with Gasteiger partial charge in [0.15, 0.2) is 0 Å². The van der Waals surface area contributed by atoms with Crippen LogP contribution < -0.4 is 5.32 Å². The second-order valence-electron chi connectivity index (χ2n) is 4.94. The van der Waals surface area contributed by atoms with Crippen molar-refractivity contribution in [2.75, 3.05) is 19.6 Å². The van der Waals surface area contributed by atoms with Crippen molar-refractivity contribution in [3.05, 3.63) is 0 Å². The summed E-state index contributed by atoms with van der Waals surface area (Å²) in [5, 5.41) is 3.50. The molecule has 2 atom stereocenters. The van der Waals surface area contributed by atoms with Crippen LogP contribution in [-0.4, -0.2) is 36.6 Å². The van der Waals surface area contributed by atoms with E-state index in [2.05, 4.69) is 24.1 Å². The van der Waals surface area contributed by atoms with Crippen LogP contribution in [0.2, 0.25) is 0 Å². The van der Waals surface area contributed by atoms with Crippen molar-refractivity contribution < 1.29 is 0 Å². The average Bonchev–Trinajstić information content (AvgIpc) is 2.15. The molecule has 2 unspecified atom stereocenters. The number of nitrogens with one attached hydrogen (secondary N) is 1. The van der Waals surface area contributed by atoms with Gasteiger partial charge in [0.05, 0.1) is 0 Å². The molecule has 1 N–H and O–H groups in total. The van der Waals surface area contributed by atoms with Crippen LogP contribution in [0.1, 0.15) is 39.5 Å². The Morgan fingerprint density at radius 1 is 1.43 bits per heavy atom. The van der Waals surface area contributed by atoms with E-state index in [1.807, 2.05) is 0 Å². The van der Waals surface area contributed by atoms with Gasteiger partial charge in [-0.25, -0.2) is 0 Å². The Labute approximate surface area is 88.1 Å². The third-order valence-electron chi connectivity index (χ3n) is 4.22. The van der Waals surface area contributed by atoms with Gasteiger partial charge in [0, 0.05) is 31.7 Å². The molecule has 14 heavy (non-hydrogen) atoms. The second-order valence-corrected chi connectivity index (χ2v) is 4.94. The van der Waals surface area contributed by atoms with Crippen molar-refractivity contribution in [1.82, 2.24) is 10.2 Å². The minimum absolute atomic E-state index is 0.791. The third-order valence-corrected chi connectivity index (χ3v) is 4.22. The van der Waals surface area contributed by atoms with E-state index in [0.29, 0.717) is 0 Å². The SMILES string of the molecule is CCC1CNCCN1C(C)C1CCC1. The number of piperazine rings is 1. The summed E-state index contributed by atoms with van der Waals surface area (Å²) >= 11 is 0. The molecule has 2 fully saturated rings.